The molecular formula is C10H23OP. The molecule has 0 saturated heterocycles. The average molecular weight is 190 g/mol. The first-order valence-corrected chi connectivity index (χ1v) is 7.45. The molecule has 0 bridgehead atoms. The maximum absolute atomic E-state index is 12.0. The third-order valence-electron chi connectivity index (χ3n) is 2.15. The molecule has 1 nitrogen and oxygen atoms in total. The van der Waals surface area contributed by atoms with E-state index in [0.29, 0.717) is 11.8 Å². The van der Waals surface area contributed by atoms with E-state index < -0.39 is 7.14 Å². The first-order valence-electron chi connectivity index (χ1n) is 4.93. The van der Waals surface area contributed by atoms with Crippen molar-refractivity contribution < 1.29 is 4.57 Å². The van der Waals surface area contributed by atoms with Crippen molar-refractivity contribution in [2.75, 3.05) is 19.0 Å². The highest BCUT2D eigenvalue weighted by Crippen LogP contribution is 2.45. The van der Waals surface area contributed by atoms with Crippen LogP contribution >= 0.6 is 7.14 Å². The molecule has 1 unspecified atom stereocenters. The highest BCUT2D eigenvalue weighted by atomic mass is 31.2. The van der Waals surface area contributed by atoms with Crippen molar-refractivity contribution in [1.82, 2.24) is 0 Å². The second-order valence-corrected chi connectivity index (χ2v) is 7.89. The van der Waals surface area contributed by atoms with Gasteiger partial charge in [0.1, 0.15) is 0 Å². The molecule has 0 aromatic heterocycles. The molecule has 2 atom stereocenters. The van der Waals surface area contributed by atoms with Crippen LogP contribution in [0.2, 0.25) is 0 Å². The highest BCUT2D eigenvalue weighted by Gasteiger charge is 2.19. The van der Waals surface area contributed by atoms with Gasteiger partial charge in [-0.15, -0.1) is 0 Å². The molecule has 0 aromatic carbocycles. The molecule has 12 heavy (non-hydrogen) atoms. The summed E-state index contributed by atoms with van der Waals surface area (Å²) in [5, 5.41) is 0. The Balaban J connectivity index is 3.95. The zero-order valence-corrected chi connectivity index (χ0v) is 10.0. The second kappa shape index (κ2) is 5.07. The van der Waals surface area contributed by atoms with E-state index in [1.165, 1.54) is 0 Å². The molecule has 0 radical (unpaired) electrons. The fourth-order valence-corrected chi connectivity index (χ4v) is 4.91. The van der Waals surface area contributed by atoms with Crippen LogP contribution in [-0.4, -0.2) is 19.0 Å². The van der Waals surface area contributed by atoms with E-state index in [0.717, 1.165) is 18.7 Å². The van der Waals surface area contributed by atoms with Gasteiger partial charge in [0.05, 0.1) is 7.14 Å². The Morgan fingerprint density at radius 3 is 2.00 bits per heavy atom. The van der Waals surface area contributed by atoms with Crippen molar-refractivity contribution in [2.45, 2.75) is 34.1 Å². The van der Waals surface area contributed by atoms with E-state index >= 15 is 0 Å². The molecule has 0 saturated carbocycles. The summed E-state index contributed by atoms with van der Waals surface area (Å²) in [6.45, 7) is 10.6. The average Bonchev–Trinajstić information content (AvgIpc) is 1.83. The summed E-state index contributed by atoms with van der Waals surface area (Å²) in [5.41, 5.74) is 0. The van der Waals surface area contributed by atoms with Crippen LogP contribution < -0.4 is 0 Å². The predicted octanol–water partition coefficient (Wildman–Crippen LogP) is 3.68. The SMILES string of the molecule is CCC(C)C[P@@](C)(=O)CC(C)C. The minimum atomic E-state index is -1.82. The molecular weight excluding hydrogens is 167 g/mol. The van der Waals surface area contributed by atoms with Crippen LogP contribution in [0.15, 0.2) is 0 Å². The molecule has 0 aromatic rings. The highest BCUT2D eigenvalue weighted by molar-refractivity contribution is 7.63. The molecule has 0 aliphatic heterocycles. The summed E-state index contributed by atoms with van der Waals surface area (Å²) >= 11 is 0. The van der Waals surface area contributed by atoms with Crippen molar-refractivity contribution >= 4 is 7.14 Å². The summed E-state index contributed by atoms with van der Waals surface area (Å²) in [7, 11) is -1.82. The van der Waals surface area contributed by atoms with E-state index in [-0.39, 0.29) is 0 Å². The van der Waals surface area contributed by atoms with Gasteiger partial charge in [-0.1, -0.05) is 34.1 Å². The summed E-state index contributed by atoms with van der Waals surface area (Å²) in [6, 6.07) is 0. The van der Waals surface area contributed by atoms with Crippen molar-refractivity contribution in [3.8, 4) is 0 Å². The molecule has 2 heteroatoms. The van der Waals surface area contributed by atoms with Gasteiger partial charge in [0.2, 0.25) is 0 Å². The van der Waals surface area contributed by atoms with Gasteiger partial charge in [0, 0.05) is 12.3 Å². The third kappa shape index (κ3) is 5.83. The summed E-state index contributed by atoms with van der Waals surface area (Å²) < 4.78 is 12.0. The predicted molar refractivity (Wildman–Crippen MR) is 57.6 cm³/mol. The van der Waals surface area contributed by atoms with Gasteiger partial charge in [-0.25, -0.2) is 0 Å². The molecule has 0 amide bonds. The topological polar surface area (TPSA) is 17.1 Å². The lowest BCUT2D eigenvalue weighted by atomic mass is 10.2. The number of hydrogen-bond donors (Lipinski definition) is 0. The van der Waals surface area contributed by atoms with E-state index in [9.17, 15) is 4.57 Å². The fraction of sp³-hybridized carbons (Fsp3) is 1.00. The van der Waals surface area contributed by atoms with Crippen molar-refractivity contribution in [3.05, 3.63) is 0 Å². The van der Waals surface area contributed by atoms with Gasteiger partial charge >= 0.3 is 0 Å². The van der Waals surface area contributed by atoms with Crippen LogP contribution in [0.4, 0.5) is 0 Å². The monoisotopic (exact) mass is 190 g/mol. The van der Waals surface area contributed by atoms with Crippen LogP contribution in [0.3, 0.4) is 0 Å². The van der Waals surface area contributed by atoms with E-state index in [4.69, 9.17) is 0 Å². The Morgan fingerprint density at radius 2 is 1.67 bits per heavy atom. The first kappa shape index (κ1) is 12.2. The van der Waals surface area contributed by atoms with Gasteiger partial charge in [-0.3, -0.25) is 0 Å². The lowest BCUT2D eigenvalue weighted by Crippen LogP contribution is -2.06. The molecule has 0 aliphatic rings. The normalized spacial score (nSPS) is 19.2. The van der Waals surface area contributed by atoms with Gasteiger partial charge in [0.25, 0.3) is 0 Å². The van der Waals surface area contributed by atoms with Crippen molar-refractivity contribution in [1.29, 1.82) is 0 Å². The van der Waals surface area contributed by atoms with Crippen molar-refractivity contribution in [3.63, 3.8) is 0 Å². The molecule has 0 spiro atoms. The molecule has 0 rings (SSSR count). The zero-order chi connectivity index (χ0) is 9.78. The van der Waals surface area contributed by atoms with E-state index in [2.05, 4.69) is 27.7 Å². The quantitative estimate of drug-likeness (QED) is 0.604. The van der Waals surface area contributed by atoms with Crippen LogP contribution in [0, 0.1) is 11.8 Å². The summed E-state index contributed by atoms with van der Waals surface area (Å²) in [5.74, 6) is 1.20. The Morgan fingerprint density at radius 1 is 1.17 bits per heavy atom. The Bertz CT molecular complexity index is 163. The minimum absolute atomic E-state index is 0.574. The van der Waals surface area contributed by atoms with Gasteiger partial charge in [-0.05, 0) is 18.5 Å². The molecule has 0 fully saturated rings. The number of rotatable bonds is 5. The standard InChI is InChI=1S/C10H23OP/c1-6-10(4)8-12(5,11)7-9(2)3/h9-10H,6-8H2,1-5H3/t10?,12-/m0/s1. The fourth-order valence-electron chi connectivity index (χ4n) is 1.64. The zero-order valence-electron chi connectivity index (χ0n) is 9.13. The summed E-state index contributed by atoms with van der Waals surface area (Å²) in [6.07, 6.45) is 2.99. The third-order valence-corrected chi connectivity index (χ3v) is 5.04. The number of hydrogen-bond acceptors (Lipinski definition) is 1. The molecule has 74 valence electrons. The first-order chi connectivity index (χ1) is 5.37. The van der Waals surface area contributed by atoms with Crippen molar-refractivity contribution in [2.24, 2.45) is 11.8 Å². The second-order valence-electron chi connectivity index (χ2n) is 4.57. The van der Waals surface area contributed by atoms with Crippen LogP contribution in [0.25, 0.3) is 0 Å². The Kier molecular flexibility index (Phi) is 5.16. The van der Waals surface area contributed by atoms with E-state index in [1.807, 2.05) is 6.66 Å². The molecule has 0 N–H and O–H groups in total. The largest absolute Gasteiger partial charge is 0.324 e. The van der Waals surface area contributed by atoms with E-state index in [1.54, 1.807) is 0 Å². The minimum Gasteiger partial charge on any atom is -0.324 e. The smallest absolute Gasteiger partial charge is 0.0853 e. The Hall–Kier alpha value is 0.230. The maximum atomic E-state index is 12.0. The van der Waals surface area contributed by atoms with Gasteiger partial charge in [-0.2, -0.15) is 0 Å². The van der Waals surface area contributed by atoms with Gasteiger partial charge < -0.3 is 4.57 Å². The Labute approximate surface area is 77.3 Å². The molecule has 0 aliphatic carbocycles. The van der Waals surface area contributed by atoms with Crippen LogP contribution in [-0.2, 0) is 4.57 Å². The van der Waals surface area contributed by atoms with Crippen LogP contribution in [0.5, 0.6) is 0 Å². The lowest BCUT2D eigenvalue weighted by molar-refractivity contribution is 0.549. The maximum Gasteiger partial charge on any atom is 0.0853 e. The molecule has 0 heterocycles. The lowest BCUT2D eigenvalue weighted by Gasteiger charge is -2.18. The van der Waals surface area contributed by atoms with Crippen LogP contribution in [0.1, 0.15) is 34.1 Å². The van der Waals surface area contributed by atoms with Gasteiger partial charge in [0.15, 0.2) is 0 Å². The summed E-state index contributed by atoms with van der Waals surface area (Å²) in [4.78, 5) is 0.